The first-order valence-corrected chi connectivity index (χ1v) is 6.89. The summed E-state index contributed by atoms with van der Waals surface area (Å²) < 4.78 is 0. The van der Waals surface area contributed by atoms with Gasteiger partial charge < -0.3 is 16.0 Å². The molecule has 0 saturated heterocycles. The first kappa shape index (κ1) is 15.5. The van der Waals surface area contributed by atoms with E-state index in [1.165, 1.54) is 0 Å². The van der Waals surface area contributed by atoms with E-state index in [0.717, 1.165) is 25.1 Å². The number of hydrogen-bond acceptors (Lipinski definition) is 3. The molecule has 106 valence electrons. The smallest absolute Gasteiger partial charge is 0.222 e. The molecule has 0 aromatic heterocycles. The minimum atomic E-state index is 0.0468. The molecular weight excluding hydrogens is 238 g/mol. The van der Waals surface area contributed by atoms with Crippen molar-refractivity contribution < 1.29 is 4.79 Å². The zero-order valence-corrected chi connectivity index (χ0v) is 11.9. The van der Waals surface area contributed by atoms with Crippen LogP contribution in [0.25, 0.3) is 0 Å². The Kier molecular flexibility index (Phi) is 6.97. The maximum absolute atomic E-state index is 11.8. The molecule has 0 aliphatic carbocycles. The van der Waals surface area contributed by atoms with Crippen LogP contribution >= 0.6 is 0 Å². The number of nitrogens with two attached hydrogens (primary N) is 1. The second kappa shape index (κ2) is 8.53. The van der Waals surface area contributed by atoms with E-state index in [9.17, 15) is 4.79 Å². The van der Waals surface area contributed by atoms with Gasteiger partial charge in [-0.15, -0.1) is 0 Å². The van der Waals surface area contributed by atoms with Gasteiger partial charge in [0.25, 0.3) is 0 Å². The molecule has 1 aromatic carbocycles. The summed E-state index contributed by atoms with van der Waals surface area (Å²) in [6.45, 7) is 4.07. The van der Waals surface area contributed by atoms with E-state index in [4.69, 9.17) is 5.73 Å². The van der Waals surface area contributed by atoms with Crippen molar-refractivity contribution in [2.45, 2.75) is 19.8 Å². The quantitative estimate of drug-likeness (QED) is 0.749. The van der Waals surface area contributed by atoms with Crippen LogP contribution < -0.4 is 16.0 Å². The van der Waals surface area contributed by atoms with Crippen molar-refractivity contribution >= 4 is 11.6 Å². The van der Waals surface area contributed by atoms with Crippen molar-refractivity contribution in [3.05, 3.63) is 30.3 Å². The minimum Gasteiger partial charge on any atom is -0.373 e. The fraction of sp³-hybridized carbons (Fsp3) is 0.533. The van der Waals surface area contributed by atoms with Crippen LogP contribution in [0.4, 0.5) is 5.69 Å². The molecule has 0 bridgehead atoms. The fourth-order valence-corrected chi connectivity index (χ4v) is 1.89. The summed E-state index contributed by atoms with van der Waals surface area (Å²) in [7, 11) is 2.03. The zero-order chi connectivity index (χ0) is 14.1. The number of amides is 1. The predicted molar refractivity (Wildman–Crippen MR) is 80.2 cm³/mol. The van der Waals surface area contributed by atoms with Crippen LogP contribution in [0.1, 0.15) is 19.8 Å². The molecular formula is C15H25N3O. The molecule has 0 radical (unpaired) electrons. The van der Waals surface area contributed by atoms with Gasteiger partial charge in [-0.05, 0) is 31.5 Å². The summed E-state index contributed by atoms with van der Waals surface area (Å²) in [5.74, 6) is 0.167. The van der Waals surface area contributed by atoms with Crippen LogP contribution in [-0.2, 0) is 4.79 Å². The first-order chi connectivity index (χ1) is 9.15. The summed E-state index contributed by atoms with van der Waals surface area (Å²) in [5.41, 5.74) is 6.60. The topological polar surface area (TPSA) is 58.4 Å². The van der Waals surface area contributed by atoms with Gasteiger partial charge in [0, 0.05) is 31.7 Å². The van der Waals surface area contributed by atoms with E-state index in [2.05, 4.69) is 22.3 Å². The molecule has 1 amide bonds. The maximum Gasteiger partial charge on any atom is 0.222 e. The highest BCUT2D eigenvalue weighted by atomic mass is 16.1. The summed E-state index contributed by atoms with van der Waals surface area (Å²) >= 11 is 0. The van der Waals surface area contributed by atoms with Crippen LogP contribution in [0.15, 0.2) is 30.3 Å². The Morgan fingerprint density at radius 1 is 1.37 bits per heavy atom. The van der Waals surface area contributed by atoms with E-state index < -0.39 is 0 Å². The highest BCUT2D eigenvalue weighted by molar-refractivity contribution is 5.78. The summed E-state index contributed by atoms with van der Waals surface area (Å²) in [6, 6.07) is 10.1. The largest absolute Gasteiger partial charge is 0.373 e. The molecule has 0 saturated carbocycles. The number of carbonyl (C=O) groups excluding carboxylic acids is 1. The van der Waals surface area contributed by atoms with Gasteiger partial charge in [0.2, 0.25) is 5.91 Å². The third kappa shape index (κ3) is 5.75. The number of carbonyl (C=O) groups is 1. The average Bonchev–Trinajstić information content (AvgIpc) is 2.45. The van der Waals surface area contributed by atoms with Crippen molar-refractivity contribution in [3.63, 3.8) is 0 Å². The Balaban J connectivity index is 2.24. The van der Waals surface area contributed by atoms with Crippen LogP contribution in [-0.4, -0.2) is 32.6 Å². The third-order valence-electron chi connectivity index (χ3n) is 3.23. The van der Waals surface area contributed by atoms with Gasteiger partial charge in [0.05, 0.1) is 0 Å². The maximum atomic E-state index is 11.8. The Morgan fingerprint density at radius 2 is 2.05 bits per heavy atom. The molecule has 3 N–H and O–H groups in total. The van der Waals surface area contributed by atoms with Crippen molar-refractivity contribution in [3.8, 4) is 0 Å². The van der Waals surface area contributed by atoms with Gasteiger partial charge in [-0.25, -0.2) is 0 Å². The van der Waals surface area contributed by atoms with Gasteiger partial charge in [0.15, 0.2) is 0 Å². The standard InChI is InChI=1S/C15H25N3O/c1-13(7-6-10-16)15(19)17-11-12-18(2)14-8-4-3-5-9-14/h3-5,8-9,13H,6-7,10-12,16H2,1-2H3,(H,17,19). The first-order valence-electron chi connectivity index (χ1n) is 6.89. The molecule has 0 fully saturated rings. The number of para-hydroxylation sites is 1. The molecule has 4 heteroatoms. The second-order valence-electron chi connectivity index (χ2n) is 4.88. The average molecular weight is 263 g/mol. The number of nitrogens with zero attached hydrogens (tertiary/aromatic N) is 1. The Labute approximate surface area is 116 Å². The van der Waals surface area contributed by atoms with Gasteiger partial charge in [-0.1, -0.05) is 25.1 Å². The molecule has 1 unspecified atom stereocenters. The molecule has 1 aromatic rings. The molecule has 1 rings (SSSR count). The van der Waals surface area contributed by atoms with E-state index in [-0.39, 0.29) is 11.8 Å². The predicted octanol–water partition coefficient (Wildman–Crippen LogP) is 1.61. The Bertz CT molecular complexity index is 367. The molecule has 0 spiro atoms. The number of benzene rings is 1. The fourth-order valence-electron chi connectivity index (χ4n) is 1.89. The zero-order valence-electron chi connectivity index (χ0n) is 11.9. The number of anilines is 1. The minimum absolute atomic E-state index is 0.0468. The highest BCUT2D eigenvalue weighted by Gasteiger charge is 2.11. The molecule has 0 aliphatic heterocycles. The van der Waals surface area contributed by atoms with Gasteiger partial charge in [0.1, 0.15) is 0 Å². The van der Waals surface area contributed by atoms with E-state index in [1.807, 2.05) is 32.2 Å². The monoisotopic (exact) mass is 263 g/mol. The highest BCUT2D eigenvalue weighted by Crippen LogP contribution is 2.10. The van der Waals surface area contributed by atoms with E-state index >= 15 is 0 Å². The number of hydrogen-bond donors (Lipinski definition) is 2. The van der Waals surface area contributed by atoms with E-state index in [1.54, 1.807) is 0 Å². The van der Waals surface area contributed by atoms with Crippen molar-refractivity contribution in [2.75, 3.05) is 31.6 Å². The lowest BCUT2D eigenvalue weighted by molar-refractivity contribution is -0.124. The van der Waals surface area contributed by atoms with Crippen LogP contribution in [0.3, 0.4) is 0 Å². The van der Waals surface area contributed by atoms with E-state index in [0.29, 0.717) is 13.1 Å². The third-order valence-corrected chi connectivity index (χ3v) is 3.23. The van der Waals surface area contributed by atoms with Gasteiger partial charge in [-0.3, -0.25) is 4.79 Å². The molecule has 0 aliphatic rings. The Hall–Kier alpha value is -1.55. The van der Waals surface area contributed by atoms with Crippen LogP contribution in [0.2, 0.25) is 0 Å². The van der Waals surface area contributed by atoms with Crippen LogP contribution in [0.5, 0.6) is 0 Å². The van der Waals surface area contributed by atoms with Gasteiger partial charge >= 0.3 is 0 Å². The lowest BCUT2D eigenvalue weighted by Gasteiger charge is -2.20. The van der Waals surface area contributed by atoms with Gasteiger partial charge in [-0.2, -0.15) is 0 Å². The number of nitrogens with one attached hydrogen (secondary N) is 1. The number of likely N-dealkylation sites (N-methyl/N-ethyl adjacent to an activating group) is 1. The molecule has 1 atom stereocenters. The van der Waals surface area contributed by atoms with Crippen molar-refractivity contribution in [1.29, 1.82) is 0 Å². The summed E-state index contributed by atoms with van der Waals surface area (Å²) in [4.78, 5) is 13.9. The normalized spacial score (nSPS) is 11.9. The number of rotatable bonds is 8. The lowest BCUT2D eigenvalue weighted by Crippen LogP contribution is -2.35. The molecule has 0 heterocycles. The Morgan fingerprint density at radius 3 is 2.68 bits per heavy atom. The van der Waals surface area contributed by atoms with Crippen molar-refractivity contribution in [1.82, 2.24) is 5.32 Å². The van der Waals surface area contributed by atoms with Crippen molar-refractivity contribution in [2.24, 2.45) is 11.7 Å². The molecule has 4 nitrogen and oxygen atoms in total. The second-order valence-corrected chi connectivity index (χ2v) is 4.88. The van der Waals surface area contributed by atoms with Crippen LogP contribution in [0, 0.1) is 5.92 Å². The lowest BCUT2D eigenvalue weighted by atomic mass is 10.1. The summed E-state index contributed by atoms with van der Waals surface area (Å²) in [6.07, 6.45) is 1.76. The molecule has 19 heavy (non-hydrogen) atoms. The summed E-state index contributed by atoms with van der Waals surface area (Å²) in [5, 5.41) is 2.97. The SMILES string of the molecule is CC(CCCN)C(=O)NCCN(C)c1ccccc1.